The van der Waals surface area contributed by atoms with Crippen molar-refractivity contribution in [2.45, 2.75) is 13.3 Å². The number of benzene rings is 1. The first-order valence-electron chi connectivity index (χ1n) is 5.94. The predicted octanol–water partition coefficient (Wildman–Crippen LogP) is 2.23. The second-order valence-corrected chi connectivity index (χ2v) is 4.92. The number of nitrogens with one attached hydrogen (secondary N) is 1. The maximum atomic E-state index is 11.6. The molecule has 0 atom stereocenters. The lowest BCUT2D eigenvalue weighted by Gasteiger charge is -2.07. The average molecular weight is 283 g/mol. The monoisotopic (exact) mass is 283 g/mol. The minimum Gasteiger partial charge on any atom is -0.482 e. The Hall–Kier alpha value is -1.69. The van der Waals surface area contributed by atoms with Gasteiger partial charge in [-0.15, -0.1) is 0 Å². The van der Waals surface area contributed by atoms with E-state index < -0.39 is 12.6 Å². The van der Waals surface area contributed by atoms with Gasteiger partial charge < -0.3 is 15.2 Å². The zero-order valence-electron chi connectivity index (χ0n) is 10.7. The Balaban J connectivity index is 2.47. The van der Waals surface area contributed by atoms with Crippen LogP contribution in [0, 0.1) is 0 Å². The van der Waals surface area contributed by atoms with E-state index in [1.165, 1.54) is 0 Å². The molecule has 5 nitrogen and oxygen atoms in total. The third-order valence-corrected chi connectivity index (χ3v) is 3.22. The molecule has 0 aromatic heterocycles. The Kier molecular flexibility index (Phi) is 6.81. The molecule has 0 aliphatic heterocycles. The van der Waals surface area contributed by atoms with E-state index in [2.05, 4.69) is 12.2 Å². The van der Waals surface area contributed by atoms with E-state index in [0.717, 1.165) is 12.2 Å². The van der Waals surface area contributed by atoms with Crippen LogP contribution < -0.4 is 10.1 Å². The largest absolute Gasteiger partial charge is 0.482 e. The fourth-order valence-electron chi connectivity index (χ4n) is 1.31. The van der Waals surface area contributed by atoms with Crippen molar-refractivity contribution in [1.82, 2.24) is 0 Å². The Bertz CT molecular complexity index is 436. The number of hydrogen-bond acceptors (Lipinski definition) is 4. The van der Waals surface area contributed by atoms with Gasteiger partial charge in [0.15, 0.2) is 6.61 Å². The van der Waals surface area contributed by atoms with Gasteiger partial charge >= 0.3 is 5.97 Å². The van der Waals surface area contributed by atoms with E-state index in [1.54, 1.807) is 36.0 Å². The van der Waals surface area contributed by atoms with Crippen molar-refractivity contribution in [2.75, 3.05) is 23.4 Å². The molecule has 19 heavy (non-hydrogen) atoms. The number of ether oxygens (including phenoxy) is 1. The zero-order chi connectivity index (χ0) is 14.1. The SMILES string of the molecule is CCCSCC(=O)Nc1cccc(OCC(=O)O)c1. The summed E-state index contributed by atoms with van der Waals surface area (Å²) in [6.45, 7) is 1.66. The van der Waals surface area contributed by atoms with Crippen molar-refractivity contribution < 1.29 is 19.4 Å². The van der Waals surface area contributed by atoms with Gasteiger partial charge in [0.25, 0.3) is 0 Å². The highest BCUT2D eigenvalue weighted by molar-refractivity contribution is 7.99. The summed E-state index contributed by atoms with van der Waals surface area (Å²) in [5.41, 5.74) is 0.602. The number of aliphatic carboxylic acids is 1. The van der Waals surface area contributed by atoms with Crippen LogP contribution in [0.2, 0.25) is 0 Å². The third-order valence-electron chi connectivity index (χ3n) is 2.06. The van der Waals surface area contributed by atoms with Crippen molar-refractivity contribution in [3.05, 3.63) is 24.3 Å². The summed E-state index contributed by atoms with van der Waals surface area (Å²) in [5, 5.41) is 11.3. The smallest absolute Gasteiger partial charge is 0.341 e. The zero-order valence-corrected chi connectivity index (χ0v) is 11.5. The molecule has 0 radical (unpaired) electrons. The Morgan fingerprint density at radius 3 is 2.89 bits per heavy atom. The molecule has 0 unspecified atom stereocenters. The van der Waals surface area contributed by atoms with Gasteiger partial charge in [-0.3, -0.25) is 4.79 Å². The number of carbonyl (C=O) groups excluding carboxylic acids is 1. The molecule has 2 N–H and O–H groups in total. The lowest BCUT2D eigenvalue weighted by atomic mass is 10.3. The van der Waals surface area contributed by atoms with Gasteiger partial charge in [-0.05, 0) is 24.3 Å². The molecule has 0 heterocycles. The number of carboxylic acid groups (broad SMARTS) is 1. The number of carbonyl (C=O) groups is 2. The quantitative estimate of drug-likeness (QED) is 0.716. The topological polar surface area (TPSA) is 75.6 Å². The molecule has 1 rings (SSSR count). The van der Waals surface area contributed by atoms with Crippen LogP contribution in [0.25, 0.3) is 0 Å². The summed E-state index contributed by atoms with van der Waals surface area (Å²) in [6.07, 6.45) is 1.04. The average Bonchev–Trinajstić information content (AvgIpc) is 2.37. The molecule has 6 heteroatoms. The predicted molar refractivity (Wildman–Crippen MR) is 75.8 cm³/mol. The van der Waals surface area contributed by atoms with E-state index in [1.807, 2.05) is 0 Å². The van der Waals surface area contributed by atoms with E-state index in [9.17, 15) is 9.59 Å². The highest BCUT2D eigenvalue weighted by Crippen LogP contribution is 2.17. The van der Waals surface area contributed by atoms with Gasteiger partial charge in [0, 0.05) is 11.8 Å². The first-order chi connectivity index (χ1) is 9.11. The second kappa shape index (κ2) is 8.42. The van der Waals surface area contributed by atoms with Crippen LogP contribution >= 0.6 is 11.8 Å². The molecular weight excluding hydrogens is 266 g/mol. The summed E-state index contributed by atoms with van der Waals surface area (Å²) in [4.78, 5) is 22.0. The first kappa shape index (κ1) is 15.4. The molecule has 0 saturated carbocycles. The molecule has 1 aromatic rings. The molecule has 0 fully saturated rings. The van der Waals surface area contributed by atoms with E-state index in [-0.39, 0.29) is 5.91 Å². The Labute approximate surface area is 116 Å². The van der Waals surface area contributed by atoms with Crippen LogP contribution in [-0.4, -0.2) is 35.1 Å². The van der Waals surface area contributed by atoms with Crippen molar-refractivity contribution in [3.63, 3.8) is 0 Å². The molecule has 0 aliphatic carbocycles. The fourth-order valence-corrected chi connectivity index (χ4v) is 2.01. The standard InChI is InChI=1S/C13H17NO4S/c1-2-6-19-9-12(15)14-10-4-3-5-11(7-10)18-8-13(16)17/h3-5,7H,2,6,8-9H2,1H3,(H,14,15)(H,16,17). The van der Waals surface area contributed by atoms with Crippen LogP contribution in [0.5, 0.6) is 5.75 Å². The molecule has 0 saturated heterocycles. The van der Waals surface area contributed by atoms with Gasteiger partial charge in [-0.1, -0.05) is 13.0 Å². The Morgan fingerprint density at radius 1 is 1.42 bits per heavy atom. The normalized spacial score (nSPS) is 9.95. The van der Waals surface area contributed by atoms with Crippen molar-refractivity contribution in [3.8, 4) is 5.75 Å². The van der Waals surface area contributed by atoms with Crippen LogP contribution in [0.3, 0.4) is 0 Å². The Morgan fingerprint density at radius 2 is 2.21 bits per heavy atom. The highest BCUT2D eigenvalue weighted by Gasteiger charge is 2.04. The lowest BCUT2D eigenvalue weighted by molar-refractivity contribution is -0.139. The van der Waals surface area contributed by atoms with Crippen LogP contribution in [-0.2, 0) is 9.59 Å². The first-order valence-corrected chi connectivity index (χ1v) is 7.09. The van der Waals surface area contributed by atoms with Crippen molar-refractivity contribution >= 4 is 29.3 Å². The van der Waals surface area contributed by atoms with Crippen molar-refractivity contribution in [1.29, 1.82) is 0 Å². The van der Waals surface area contributed by atoms with Crippen molar-refractivity contribution in [2.24, 2.45) is 0 Å². The summed E-state index contributed by atoms with van der Waals surface area (Å²) in [7, 11) is 0. The summed E-state index contributed by atoms with van der Waals surface area (Å²) < 4.78 is 5.03. The maximum Gasteiger partial charge on any atom is 0.341 e. The maximum absolute atomic E-state index is 11.6. The molecule has 0 spiro atoms. The minimum absolute atomic E-state index is 0.0752. The molecule has 0 aliphatic rings. The van der Waals surface area contributed by atoms with Gasteiger partial charge in [0.2, 0.25) is 5.91 Å². The van der Waals surface area contributed by atoms with E-state index in [0.29, 0.717) is 17.2 Å². The summed E-state index contributed by atoms with van der Waals surface area (Å²) >= 11 is 1.58. The van der Waals surface area contributed by atoms with Gasteiger partial charge in [-0.2, -0.15) is 11.8 Å². The van der Waals surface area contributed by atoms with Crippen LogP contribution in [0.4, 0.5) is 5.69 Å². The number of carboxylic acids is 1. The molecule has 1 amide bonds. The fraction of sp³-hybridized carbons (Fsp3) is 0.385. The number of rotatable bonds is 8. The summed E-state index contributed by atoms with van der Waals surface area (Å²) in [6, 6.07) is 6.68. The number of hydrogen-bond donors (Lipinski definition) is 2. The number of amides is 1. The number of anilines is 1. The van der Waals surface area contributed by atoms with Crippen LogP contribution in [0.15, 0.2) is 24.3 Å². The van der Waals surface area contributed by atoms with Gasteiger partial charge in [-0.25, -0.2) is 4.79 Å². The molecule has 1 aromatic carbocycles. The van der Waals surface area contributed by atoms with E-state index >= 15 is 0 Å². The lowest BCUT2D eigenvalue weighted by Crippen LogP contribution is -2.14. The van der Waals surface area contributed by atoms with Gasteiger partial charge in [0.1, 0.15) is 5.75 Å². The number of thioether (sulfide) groups is 1. The van der Waals surface area contributed by atoms with Crippen LogP contribution in [0.1, 0.15) is 13.3 Å². The van der Waals surface area contributed by atoms with Gasteiger partial charge in [0.05, 0.1) is 5.75 Å². The van der Waals surface area contributed by atoms with E-state index in [4.69, 9.17) is 9.84 Å². The summed E-state index contributed by atoms with van der Waals surface area (Å²) in [5.74, 6) is 0.670. The minimum atomic E-state index is -1.04. The molecule has 0 bridgehead atoms. The second-order valence-electron chi connectivity index (χ2n) is 3.81. The highest BCUT2D eigenvalue weighted by atomic mass is 32.2. The third kappa shape index (κ3) is 6.71. The molecule has 104 valence electrons. The molecular formula is C13H17NO4S.